The highest BCUT2D eigenvalue weighted by atomic mass is 16.5. The first-order valence-electron chi connectivity index (χ1n) is 14.7. The molecule has 0 spiro atoms. The molecule has 3 aromatic carbocycles. The molecule has 0 aliphatic carbocycles. The maximum atomic E-state index is 12.5. The number of benzene rings is 3. The summed E-state index contributed by atoms with van der Waals surface area (Å²) in [5, 5.41) is 8.86. The van der Waals surface area contributed by atoms with Crippen molar-refractivity contribution in [2.45, 2.75) is 38.5 Å². The Morgan fingerprint density at radius 3 is 1.82 bits per heavy atom. The number of aliphatic hydroxyl groups is 1. The van der Waals surface area contributed by atoms with Gasteiger partial charge in [-0.1, -0.05) is 62.2 Å². The smallest absolute Gasteiger partial charge is 0.342 e. The predicted molar refractivity (Wildman–Crippen MR) is 173 cm³/mol. The predicted octanol–water partition coefficient (Wildman–Crippen LogP) is 7.86. The van der Waals surface area contributed by atoms with Crippen LogP contribution in [0.1, 0.15) is 44.1 Å². The molecule has 0 unspecified atom stereocenters. The lowest BCUT2D eigenvalue weighted by atomic mass is 10.0. The van der Waals surface area contributed by atoms with Crippen molar-refractivity contribution in [3.8, 4) is 28.4 Å². The van der Waals surface area contributed by atoms with Gasteiger partial charge in [0, 0.05) is 13.0 Å². The van der Waals surface area contributed by atoms with E-state index in [0.29, 0.717) is 31.1 Å². The molecule has 7 heteroatoms. The Balaban J connectivity index is 1.41. The van der Waals surface area contributed by atoms with Crippen molar-refractivity contribution in [2.24, 2.45) is 0 Å². The number of rotatable bonds is 19. The Morgan fingerprint density at radius 2 is 1.23 bits per heavy atom. The molecule has 0 radical (unpaired) electrons. The van der Waals surface area contributed by atoms with Crippen LogP contribution in [0.2, 0.25) is 0 Å². The van der Waals surface area contributed by atoms with Gasteiger partial charge in [-0.15, -0.1) is 0 Å². The molecule has 7 nitrogen and oxygen atoms in total. The van der Waals surface area contributed by atoms with Crippen molar-refractivity contribution >= 4 is 17.5 Å². The number of esters is 2. The number of ether oxygens (including phenoxy) is 4. The van der Waals surface area contributed by atoms with Crippen LogP contribution in [0.25, 0.3) is 16.7 Å². The summed E-state index contributed by atoms with van der Waals surface area (Å²) in [7, 11) is 0. The van der Waals surface area contributed by atoms with E-state index < -0.39 is 5.97 Å². The summed E-state index contributed by atoms with van der Waals surface area (Å²) >= 11 is 0. The molecule has 3 aromatic rings. The van der Waals surface area contributed by atoms with E-state index >= 15 is 0 Å². The number of allylic oxidation sites excluding steroid dienone is 2. The van der Waals surface area contributed by atoms with Crippen LogP contribution in [0, 0.1) is 0 Å². The fourth-order valence-electron chi connectivity index (χ4n) is 4.06. The molecule has 0 aliphatic rings. The lowest BCUT2D eigenvalue weighted by Gasteiger charge is -2.08. The highest BCUT2D eigenvalue weighted by molar-refractivity contribution is 5.93. The van der Waals surface area contributed by atoms with Crippen LogP contribution in [0.4, 0.5) is 0 Å². The van der Waals surface area contributed by atoms with E-state index in [-0.39, 0.29) is 18.1 Å². The Kier molecular flexibility index (Phi) is 14.2. The number of hydrogen-bond acceptors (Lipinski definition) is 7. The van der Waals surface area contributed by atoms with Crippen molar-refractivity contribution in [3.63, 3.8) is 0 Å². The maximum Gasteiger partial charge on any atom is 0.342 e. The second kappa shape index (κ2) is 18.6. The van der Waals surface area contributed by atoms with Gasteiger partial charge in [-0.05, 0) is 96.8 Å². The summed E-state index contributed by atoms with van der Waals surface area (Å²) in [4.78, 5) is 23.8. The summed E-state index contributed by atoms with van der Waals surface area (Å²) in [5.41, 5.74) is 3.97. The van der Waals surface area contributed by atoms with Crippen LogP contribution in [0.15, 0.2) is 117 Å². The Bertz CT molecular complexity index is 1400. The van der Waals surface area contributed by atoms with Crippen LogP contribution in [-0.2, 0) is 14.3 Å². The number of carbonyl (C=O) groups excluding carboxylic acids is 2. The Hall–Kier alpha value is -4.88. The number of hydrogen-bond donors (Lipinski definition) is 1. The van der Waals surface area contributed by atoms with Crippen LogP contribution < -0.4 is 14.2 Å². The third-order valence-corrected chi connectivity index (χ3v) is 6.56. The molecule has 0 aromatic heterocycles. The Morgan fingerprint density at radius 1 is 0.682 bits per heavy atom. The van der Waals surface area contributed by atoms with E-state index in [2.05, 4.69) is 24.5 Å². The van der Waals surface area contributed by atoms with Gasteiger partial charge >= 0.3 is 11.9 Å². The minimum Gasteiger partial charge on any atom is -0.494 e. The molecule has 230 valence electrons. The molecule has 3 rings (SSSR count). The number of carbonyl (C=O) groups is 2. The zero-order valence-electron chi connectivity index (χ0n) is 25.0. The van der Waals surface area contributed by atoms with Crippen LogP contribution >= 0.6 is 0 Å². The van der Waals surface area contributed by atoms with Gasteiger partial charge < -0.3 is 24.1 Å². The quantitative estimate of drug-likeness (QED) is 0.0376. The zero-order valence-corrected chi connectivity index (χ0v) is 25.0. The van der Waals surface area contributed by atoms with Crippen LogP contribution in [0.5, 0.6) is 17.2 Å². The summed E-state index contributed by atoms with van der Waals surface area (Å²) in [6.07, 6.45) is 8.74. The normalized spacial score (nSPS) is 10.7. The minimum absolute atomic E-state index is 0.178. The second-order valence-corrected chi connectivity index (χ2v) is 9.94. The lowest BCUT2D eigenvalue weighted by molar-refractivity contribution is -0.138. The summed E-state index contributed by atoms with van der Waals surface area (Å²) in [5.74, 6) is 1.00. The molecule has 1 N–H and O–H groups in total. The minimum atomic E-state index is -0.561. The molecule has 0 saturated heterocycles. The van der Waals surface area contributed by atoms with Gasteiger partial charge in [0.2, 0.25) is 0 Å². The van der Waals surface area contributed by atoms with Gasteiger partial charge in [0.15, 0.2) is 0 Å². The molecule has 0 atom stereocenters. The van der Waals surface area contributed by atoms with Crippen molar-refractivity contribution < 1.29 is 33.6 Å². The maximum absolute atomic E-state index is 12.5. The molecule has 0 heterocycles. The first-order chi connectivity index (χ1) is 21.4. The highest BCUT2D eigenvalue weighted by Gasteiger charge is 2.09. The number of aliphatic hydroxyl groups excluding tert-OH is 1. The van der Waals surface area contributed by atoms with E-state index in [9.17, 15) is 9.59 Å². The second-order valence-electron chi connectivity index (χ2n) is 9.94. The average Bonchev–Trinajstić information content (AvgIpc) is 3.04. The molecule has 0 saturated carbocycles. The molecule has 0 amide bonds. The van der Waals surface area contributed by atoms with E-state index in [1.165, 1.54) is 0 Å². The summed E-state index contributed by atoms with van der Waals surface area (Å²) in [6.45, 7) is 12.6. The summed E-state index contributed by atoms with van der Waals surface area (Å²) < 4.78 is 21.5. The zero-order chi connectivity index (χ0) is 31.6. The average molecular weight is 597 g/mol. The van der Waals surface area contributed by atoms with E-state index in [1.807, 2.05) is 48.5 Å². The van der Waals surface area contributed by atoms with Crippen molar-refractivity contribution in [2.75, 3.05) is 19.8 Å². The SMILES string of the molecule is C=COC(=O)CCCCCOc1ccc(OC(=O)C(=C)/C=C\C(=C)c2ccc(-c3ccc(OCCCCO)cc3)cc2)cc1. The van der Waals surface area contributed by atoms with Crippen molar-refractivity contribution in [1.29, 1.82) is 0 Å². The van der Waals surface area contributed by atoms with Gasteiger partial charge in [0.05, 0.1) is 25.0 Å². The third-order valence-electron chi connectivity index (χ3n) is 6.56. The van der Waals surface area contributed by atoms with Crippen LogP contribution in [0.3, 0.4) is 0 Å². The first-order valence-corrected chi connectivity index (χ1v) is 14.7. The van der Waals surface area contributed by atoms with Gasteiger partial charge in [-0.2, -0.15) is 0 Å². The van der Waals surface area contributed by atoms with Crippen molar-refractivity contribution in [1.82, 2.24) is 0 Å². The molecule has 44 heavy (non-hydrogen) atoms. The molecular weight excluding hydrogens is 556 g/mol. The Labute approximate surface area is 259 Å². The lowest BCUT2D eigenvalue weighted by Crippen LogP contribution is -2.09. The molecule has 0 aliphatic heterocycles. The van der Waals surface area contributed by atoms with E-state index in [0.717, 1.165) is 66.4 Å². The third kappa shape index (κ3) is 11.8. The van der Waals surface area contributed by atoms with Gasteiger partial charge in [-0.3, -0.25) is 4.79 Å². The van der Waals surface area contributed by atoms with Gasteiger partial charge in [-0.25, -0.2) is 4.79 Å². The largest absolute Gasteiger partial charge is 0.494 e. The molecule has 0 fully saturated rings. The fourth-order valence-corrected chi connectivity index (χ4v) is 4.06. The van der Waals surface area contributed by atoms with Crippen molar-refractivity contribution in [3.05, 3.63) is 122 Å². The van der Waals surface area contributed by atoms with Crippen LogP contribution in [-0.4, -0.2) is 36.9 Å². The monoisotopic (exact) mass is 596 g/mol. The first kappa shape index (κ1) is 33.6. The van der Waals surface area contributed by atoms with Gasteiger partial charge in [0.1, 0.15) is 17.2 Å². The fraction of sp³-hybridized carbons (Fsp3) is 0.243. The standard InChI is InChI=1S/C37H40O7/c1-4-41-36(39)10-6-5-8-26-42-34-21-23-35(24-22-34)44-37(40)29(3)12-11-28(2)30-13-15-31(16-14-30)32-17-19-33(20-18-32)43-27-9-7-25-38/h4,11-24,38H,1-3,5-10,25-27H2/b12-11-. The topological polar surface area (TPSA) is 91.3 Å². The highest BCUT2D eigenvalue weighted by Crippen LogP contribution is 2.25. The molecular formula is C37H40O7. The van der Waals surface area contributed by atoms with E-state index in [1.54, 1.807) is 36.4 Å². The number of unbranched alkanes of at least 4 members (excludes halogenated alkanes) is 3. The van der Waals surface area contributed by atoms with Gasteiger partial charge in [0.25, 0.3) is 0 Å². The molecule has 0 bridgehead atoms. The summed E-state index contributed by atoms with van der Waals surface area (Å²) in [6, 6.07) is 22.7. The van der Waals surface area contributed by atoms with E-state index in [4.69, 9.17) is 19.3 Å².